The number of hydrogen-bond donors (Lipinski definition) is 0. The summed E-state index contributed by atoms with van der Waals surface area (Å²) in [6.07, 6.45) is 2.27. The van der Waals surface area contributed by atoms with E-state index in [0.717, 1.165) is 47.7 Å². The van der Waals surface area contributed by atoms with E-state index in [-0.39, 0.29) is 11.8 Å². The second-order valence-corrected chi connectivity index (χ2v) is 9.32. The molecule has 5 rings (SSSR count). The minimum Gasteiger partial charge on any atom is -0.494 e. The van der Waals surface area contributed by atoms with Crippen LogP contribution in [0.2, 0.25) is 10.0 Å². The molecule has 1 atom stereocenters. The number of para-hydroxylation sites is 3. The standard InChI is InChI=1S/C27H25Cl2N3O2/c28-20-11-13-21(14-12-20)34-16-6-5-15-31-25-10-4-2-8-23(25)30-27(31)19-17-26(33)32(18-19)24-9-3-1-7-22(24)29/h1-4,7-14,19H,5-6,15-18H2. The summed E-state index contributed by atoms with van der Waals surface area (Å²) >= 11 is 12.3. The lowest BCUT2D eigenvalue weighted by atomic mass is 10.1. The fourth-order valence-corrected chi connectivity index (χ4v) is 4.88. The van der Waals surface area contributed by atoms with Gasteiger partial charge >= 0.3 is 0 Å². The van der Waals surface area contributed by atoms with Crippen LogP contribution in [-0.4, -0.2) is 28.6 Å². The number of halogens is 2. The lowest BCUT2D eigenvalue weighted by Gasteiger charge is -2.18. The van der Waals surface area contributed by atoms with Crippen molar-refractivity contribution in [1.29, 1.82) is 0 Å². The molecule has 34 heavy (non-hydrogen) atoms. The highest BCUT2D eigenvalue weighted by atomic mass is 35.5. The van der Waals surface area contributed by atoms with Crippen LogP contribution in [-0.2, 0) is 11.3 Å². The molecule has 2 heterocycles. The molecule has 1 unspecified atom stereocenters. The van der Waals surface area contributed by atoms with Crippen LogP contribution in [0.1, 0.15) is 31.0 Å². The molecule has 0 saturated carbocycles. The van der Waals surface area contributed by atoms with E-state index in [9.17, 15) is 4.79 Å². The van der Waals surface area contributed by atoms with Gasteiger partial charge < -0.3 is 14.2 Å². The molecular weight excluding hydrogens is 469 g/mol. The number of unbranched alkanes of at least 4 members (excludes halogenated alkanes) is 1. The van der Waals surface area contributed by atoms with Gasteiger partial charge in [-0.2, -0.15) is 0 Å². The molecule has 1 fully saturated rings. The molecule has 5 nitrogen and oxygen atoms in total. The number of carbonyl (C=O) groups excluding carboxylic acids is 1. The molecule has 0 aliphatic carbocycles. The summed E-state index contributed by atoms with van der Waals surface area (Å²) in [6, 6.07) is 23.1. The average Bonchev–Trinajstić information content (AvgIpc) is 3.41. The van der Waals surface area contributed by atoms with Gasteiger partial charge in [0.1, 0.15) is 11.6 Å². The Morgan fingerprint density at radius 3 is 2.53 bits per heavy atom. The number of aryl methyl sites for hydroxylation is 1. The Morgan fingerprint density at radius 2 is 1.71 bits per heavy atom. The number of aromatic nitrogens is 2. The van der Waals surface area contributed by atoms with Crippen molar-refractivity contribution in [2.45, 2.75) is 31.7 Å². The molecule has 1 aromatic heterocycles. The highest BCUT2D eigenvalue weighted by molar-refractivity contribution is 6.33. The predicted octanol–water partition coefficient (Wildman–Crippen LogP) is 6.72. The third-order valence-corrected chi connectivity index (χ3v) is 6.75. The van der Waals surface area contributed by atoms with Crippen molar-refractivity contribution in [3.63, 3.8) is 0 Å². The molecule has 0 radical (unpaired) electrons. The maximum atomic E-state index is 12.9. The molecule has 0 bridgehead atoms. The molecule has 0 spiro atoms. The Kier molecular flexibility index (Phi) is 6.75. The van der Waals surface area contributed by atoms with Crippen LogP contribution >= 0.6 is 23.2 Å². The maximum Gasteiger partial charge on any atom is 0.227 e. The largest absolute Gasteiger partial charge is 0.494 e. The van der Waals surface area contributed by atoms with Gasteiger partial charge in [0, 0.05) is 30.5 Å². The Balaban J connectivity index is 1.30. The lowest BCUT2D eigenvalue weighted by Crippen LogP contribution is -2.24. The van der Waals surface area contributed by atoms with Crippen LogP contribution in [0.4, 0.5) is 5.69 Å². The number of carbonyl (C=O) groups is 1. The number of fused-ring (bicyclic) bond motifs is 1. The summed E-state index contributed by atoms with van der Waals surface area (Å²) in [5.41, 5.74) is 2.82. The van der Waals surface area contributed by atoms with E-state index in [2.05, 4.69) is 10.6 Å². The van der Waals surface area contributed by atoms with Crippen molar-refractivity contribution in [3.8, 4) is 5.75 Å². The van der Waals surface area contributed by atoms with E-state index in [1.165, 1.54) is 0 Å². The van der Waals surface area contributed by atoms with Gasteiger partial charge in [0.05, 0.1) is 28.4 Å². The number of anilines is 1. The average molecular weight is 494 g/mol. The number of imidazole rings is 1. The molecule has 4 aromatic rings. The third-order valence-electron chi connectivity index (χ3n) is 6.18. The maximum absolute atomic E-state index is 12.9. The molecule has 1 amide bonds. The summed E-state index contributed by atoms with van der Waals surface area (Å²) in [7, 11) is 0. The van der Waals surface area contributed by atoms with E-state index in [1.54, 1.807) is 4.90 Å². The van der Waals surface area contributed by atoms with Gasteiger partial charge in [-0.15, -0.1) is 0 Å². The Hall–Kier alpha value is -3.02. The second kappa shape index (κ2) is 10.1. The minimum atomic E-state index is 0.0153. The van der Waals surface area contributed by atoms with Gasteiger partial charge in [-0.25, -0.2) is 4.98 Å². The number of amides is 1. The zero-order chi connectivity index (χ0) is 23.5. The number of nitrogens with zero attached hydrogens (tertiary/aromatic N) is 3. The van der Waals surface area contributed by atoms with E-state index in [0.29, 0.717) is 29.6 Å². The summed E-state index contributed by atoms with van der Waals surface area (Å²) in [5, 5.41) is 1.29. The van der Waals surface area contributed by atoms with Gasteiger partial charge in [-0.1, -0.05) is 47.5 Å². The first-order valence-electron chi connectivity index (χ1n) is 11.5. The van der Waals surface area contributed by atoms with Crippen molar-refractivity contribution in [3.05, 3.63) is 88.7 Å². The van der Waals surface area contributed by atoms with Crippen LogP contribution in [0.25, 0.3) is 11.0 Å². The second-order valence-electron chi connectivity index (χ2n) is 8.48. The van der Waals surface area contributed by atoms with E-state index >= 15 is 0 Å². The monoisotopic (exact) mass is 493 g/mol. The van der Waals surface area contributed by atoms with Crippen LogP contribution in [0.3, 0.4) is 0 Å². The molecule has 3 aromatic carbocycles. The Morgan fingerprint density at radius 1 is 0.941 bits per heavy atom. The number of ether oxygens (including phenoxy) is 1. The smallest absolute Gasteiger partial charge is 0.227 e. The molecule has 1 saturated heterocycles. The SMILES string of the molecule is O=C1CC(c2nc3ccccc3n2CCCCOc2ccc(Cl)cc2)CN1c1ccccc1Cl. The zero-order valence-electron chi connectivity index (χ0n) is 18.7. The topological polar surface area (TPSA) is 47.4 Å². The molecule has 1 aliphatic heterocycles. The molecule has 1 aliphatic rings. The van der Waals surface area contributed by atoms with Crippen molar-refractivity contribution in [2.24, 2.45) is 0 Å². The Bertz CT molecular complexity index is 1300. The molecule has 7 heteroatoms. The predicted molar refractivity (Wildman–Crippen MR) is 137 cm³/mol. The van der Waals surface area contributed by atoms with Crippen LogP contribution in [0.15, 0.2) is 72.8 Å². The molecule has 0 N–H and O–H groups in total. The van der Waals surface area contributed by atoms with Gasteiger partial charge in [0.2, 0.25) is 5.91 Å². The first-order chi connectivity index (χ1) is 16.6. The molecule has 174 valence electrons. The van der Waals surface area contributed by atoms with Gasteiger partial charge in [-0.05, 0) is 61.4 Å². The van der Waals surface area contributed by atoms with Crippen molar-refractivity contribution in [1.82, 2.24) is 9.55 Å². The Labute approximate surface area is 208 Å². The first-order valence-corrected chi connectivity index (χ1v) is 12.2. The highest BCUT2D eigenvalue weighted by Crippen LogP contribution is 2.36. The van der Waals surface area contributed by atoms with Gasteiger partial charge in [-0.3, -0.25) is 4.79 Å². The summed E-state index contributed by atoms with van der Waals surface area (Å²) < 4.78 is 8.11. The molecular formula is C27H25Cl2N3O2. The van der Waals surface area contributed by atoms with Gasteiger partial charge in [0.25, 0.3) is 0 Å². The number of hydrogen-bond acceptors (Lipinski definition) is 3. The minimum absolute atomic E-state index is 0.0153. The van der Waals surface area contributed by atoms with Crippen LogP contribution < -0.4 is 9.64 Å². The van der Waals surface area contributed by atoms with E-state index < -0.39 is 0 Å². The summed E-state index contributed by atoms with van der Waals surface area (Å²) in [6.45, 7) is 2.02. The van der Waals surface area contributed by atoms with Crippen LogP contribution in [0.5, 0.6) is 5.75 Å². The van der Waals surface area contributed by atoms with Gasteiger partial charge in [0.15, 0.2) is 0 Å². The van der Waals surface area contributed by atoms with Crippen LogP contribution in [0, 0.1) is 0 Å². The summed E-state index contributed by atoms with van der Waals surface area (Å²) in [5.74, 6) is 1.87. The zero-order valence-corrected chi connectivity index (χ0v) is 20.2. The van der Waals surface area contributed by atoms with E-state index in [4.69, 9.17) is 32.9 Å². The quantitative estimate of drug-likeness (QED) is 0.256. The lowest BCUT2D eigenvalue weighted by molar-refractivity contribution is -0.117. The number of rotatable bonds is 8. The van der Waals surface area contributed by atoms with Crippen molar-refractivity contribution < 1.29 is 9.53 Å². The highest BCUT2D eigenvalue weighted by Gasteiger charge is 2.35. The normalized spacial score (nSPS) is 15.9. The summed E-state index contributed by atoms with van der Waals surface area (Å²) in [4.78, 5) is 19.6. The fourth-order valence-electron chi connectivity index (χ4n) is 4.52. The van der Waals surface area contributed by atoms with Crippen molar-refractivity contribution >= 4 is 45.8 Å². The number of benzene rings is 3. The van der Waals surface area contributed by atoms with Crippen molar-refractivity contribution in [2.75, 3.05) is 18.1 Å². The third kappa shape index (κ3) is 4.77. The van der Waals surface area contributed by atoms with E-state index in [1.807, 2.05) is 66.7 Å². The first kappa shape index (κ1) is 22.8. The fraction of sp³-hybridized carbons (Fsp3) is 0.259.